The lowest BCUT2D eigenvalue weighted by Gasteiger charge is -2.08. The molecule has 7 heteroatoms. The molecule has 1 aliphatic rings. The molecule has 0 spiro atoms. The number of nitrogens with one attached hydrogen (secondary N) is 1. The van der Waals surface area contributed by atoms with Gasteiger partial charge in [-0.1, -0.05) is 6.07 Å². The highest BCUT2D eigenvalue weighted by atomic mass is 16.7. The Labute approximate surface area is 139 Å². The van der Waals surface area contributed by atoms with E-state index < -0.39 is 0 Å². The van der Waals surface area contributed by atoms with E-state index in [0.29, 0.717) is 18.2 Å². The molecular weight excluding hydrogens is 306 g/mol. The van der Waals surface area contributed by atoms with E-state index in [-0.39, 0.29) is 6.79 Å². The third-order valence-electron chi connectivity index (χ3n) is 3.76. The lowest BCUT2D eigenvalue weighted by Crippen LogP contribution is -2.07. The Balaban J connectivity index is 1.51. The van der Waals surface area contributed by atoms with Crippen molar-refractivity contribution in [1.29, 1.82) is 0 Å². The SMILES string of the molecule is Cc1cc(C)n(-c2cncc(NCc3ccc4c(c3)OCO4)n2)n1. The van der Waals surface area contributed by atoms with E-state index in [2.05, 4.69) is 20.4 Å². The Morgan fingerprint density at radius 1 is 1.12 bits per heavy atom. The first-order valence-electron chi connectivity index (χ1n) is 7.67. The number of aromatic nitrogens is 4. The van der Waals surface area contributed by atoms with Gasteiger partial charge < -0.3 is 14.8 Å². The van der Waals surface area contributed by atoms with Crippen LogP contribution >= 0.6 is 0 Å². The fourth-order valence-electron chi connectivity index (χ4n) is 2.65. The first kappa shape index (κ1) is 14.5. The minimum Gasteiger partial charge on any atom is -0.454 e. The standard InChI is InChI=1S/C17H17N5O2/c1-11-5-12(2)22(21-11)17-9-18-8-16(20-17)19-7-13-3-4-14-15(6-13)24-10-23-14/h3-6,8-9H,7,10H2,1-2H3,(H,19,20). The maximum absolute atomic E-state index is 5.39. The van der Waals surface area contributed by atoms with Gasteiger partial charge in [0.25, 0.3) is 0 Å². The third-order valence-corrected chi connectivity index (χ3v) is 3.76. The van der Waals surface area contributed by atoms with Gasteiger partial charge in [-0.25, -0.2) is 9.67 Å². The number of rotatable bonds is 4. The van der Waals surface area contributed by atoms with Crippen LogP contribution in [0.25, 0.3) is 5.82 Å². The van der Waals surface area contributed by atoms with Gasteiger partial charge in [-0.15, -0.1) is 0 Å². The molecule has 0 radical (unpaired) electrons. The molecule has 24 heavy (non-hydrogen) atoms. The lowest BCUT2D eigenvalue weighted by atomic mass is 10.2. The first-order chi connectivity index (χ1) is 11.7. The monoisotopic (exact) mass is 323 g/mol. The van der Waals surface area contributed by atoms with Gasteiger partial charge in [-0.05, 0) is 37.6 Å². The van der Waals surface area contributed by atoms with Crippen molar-refractivity contribution in [3.63, 3.8) is 0 Å². The maximum atomic E-state index is 5.39. The average Bonchev–Trinajstić information content (AvgIpc) is 3.18. The molecule has 1 N–H and O–H groups in total. The normalized spacial score (nSPS) is 12.4. The summed E-state index contributed by atoms with van der Waals surface area (Å²) in [6.07, 6.45) is 3.40. The van der Waals surface area contributed by atoms with Crippen LogP contribution in [0.2, 0.25) is 0 Å². The number of hydrogen-bond acceptors (Lipinski definition) is 6. The van der Waals surface area contributed by atoms with Crippen molar-refractivity contribution in [3.05, 3.63) is 53.6 Å². The molecular formula is C17H17N5O2. The predicted molar refractivity (Wildman–Crippen MR) is 88.5 cm³/mol. The van der Waals surface area contributed by atoms with E-state index in [1.54, 1.807) is 17.1 Å². The maximum Gasteiger partial charge on any atom is 0.231 e. The van der Waals surface area contributed by atoms with E-state index in [1.165, 1.54) is 0 Å². The summed E-state index contributed by atoms with van der Waals surface area (Å²) in [4.78, 5) is 8.83. The second-order valence-corrected chi connectivity index (χ2v) is 5.64. The number of ether oxygens (including phenoxy) is 2. The molecule has 1 aromatic carbocycles. The summed E-state index contributed by atoms with van der Waals surface area (Å²) in [7, 11) is 0. The summed E-state index contributed by atoms with van der Waals surface area (Å²) in [6, 6.07) is 7.89. The van der Waals surface area contributed by atoms with Crippen molar-refractivity contribution in [3.8, 4) is 17.3 Å². The molecule has 0 saturated heterocycles. The number of hydrogen-bond donors (Lipinski definition) is 1. The topological polar surface area (TPSA) is 74.1 Å². The van der Waals surface area contributed by atoms with Crippen LogP contribution in [-0.2, 0) is 6.54 Å². The van der Waals surface area contributed by atoms with Gasteiger partial charge in [0, 0.05) is 12.2 Å². The zero-order chi connectivity index (χ0) is 16.5. The van der Waals surface area contributed by atoms with Crippen molar-refractivity contribution in [2.24, 2.45) is 0 Å². The Hall–Kier alpha value is -3.09. The van der Waals surface area contributed by atoms with Crippen molar-refractivity contribution in [2.75, 3.05) is 12.1 Å². The van der Waals surface area contributed by atoms with Gasteiger partial charge in [-0.3, -0.25) is 4.98 Å². The quantitative estimate of drug-likeness (QED) is 0.795. The number of fused-ring (bicyclic) bond motifs is 1. The molecule has 0 aliphatic carbocycles. The lowest BCUT2D eigenvalue weighted by molar-refractivity contribution is 0.174. The van der Waals surface area contributed by atoms with Crippen molar-refractivity contribution in [2.45, 2.75) is 20.4 Å². The molecule has 0 bridgehead atoms. The molecule has 0 atom stereocenters. The van der Waals surface area contributed by atoms with Gasteiger partial charge in [-0.2, -0.15) is 5.10 Å². The van der Waals surface area contributed by atoms with Crippen LogP contribution < -0.4 is 14.8 Å². The van der Waals surface area contributed by atoms with E-state index in [0.717, 1.165) is 28.5 Å². The van der Waals surface area contributed by atoms with Crippen molar-refractivity contribution < 1.29 is 9.47 Å². The smallest absolute Gasteiger partial charge is 0.231 e. The summed E-state index contributed by atoms with van der Waals surface area (Å²) >= 11 is 0. The Kier molecular flexibility index (Phi) is 3.53. The summed E-state index contributed by atoms with van der Waals surface area (Å²) < 4.78 is 12.5. The Morgan fingerprint density at radius 3 is 2.83 bits per heavy atom. The summed E-state index contributed by atoms with van der Waals surface area (Å²) in [5.41, 5.74) is 3.06. The molecule has 2 aromatic heterocycles. The highest BCUT2D eigenvalue weighted by Crippen LogP contribution is 2.32. The van der Waals surface area contributed by atoms with Crippen LogP contribution in [0.5, 0.6) is 11.5 Å². The Bertz CT molecular complexity index is 890. The minimum absolute atomic E-state index is 0.280. The van der Waals surface area contributed by atoms with Crippen LogP contribution in [-0.4, -0.2) is 26.5 Å². The van der Waals surface area contributed by atoms with Gasteiger partial charge in [0.1, 0.15) is 5.82 Å². The second-order valence-electron chi connectivity index (χ2n) is 5.64. The molecule has 122 valence electrons. The van der Waals surface area contributed by atoms with Crippen LogP contribution in [0.1, 0.15) is 17.0 Å². The number of benzene rings is 1. The van der Waals surface area contributed by atoms with Gasteiger partial charge in [0.2, 0.25) is 6.79 Å². The summed E-state index contributed by atoms with van der Waals surface area (Å²) in [5.74, 6) is 2.94. The van der Waals surface area contributed by atoms with Crippen LogP contribution in [0, 0.1) is 13.8 Å². The molecule has 3 aromatic rings. The first-order valence-corrected chi connectivity index (χ1v) is 7.67. The molecule has 3 heterocycles. The molecule has 0 fully saturated rings. The molecule has 0 unspecified atom stereocenters. The second kappa shape index (κ2) is 5.84. The highest BCUT2D eigenvalue weighted by molar-refractivity contribution is 5.46. The molecule has 1 aliphatic heterocycles. The third kappa shape index (κ3) is 2.76. The highest BCUT2D eigenvalue weighted by Gasteiger charge is 2.13. The number of anilines is 1. The molecule has 0 saturated carbocycles. The van der Waals surface area contributed by atoms with E-state index in [4.69, 9.17) is 9.47 Å². The molecule has 4 rings (SSSR count). The van der Waals surface area contributed by atoms with Gasteiger partial charge in [0.15, 0.2) is 17.3 Å². The zero-order valence-corrected chi connectivity index (χ0v) is 13.5. The minimum atomic E-state index is 0.280. The largest absolute Gasteiger partial charge is 0.454 e. The summed E-state index contributed by atoms with van der Waals surface area (Å²) in [5, 5.41) is 7.71. The zero-order valence-electron chi connectivity index (χ0n) is 13.5. The van der Waals surface area contributed by atoms with Gasteiger partial charge in [0.05, 0.1) is 18.1 Å². The van der Waals surface area contributed by atoms with Gasteiger partial charge >= 0.3 is 0 Å². The molecule has 7 nitrogen and oxygen atoms in total. The number of nitrogens with zero attached hydrogens (tertiary/aromatic N) is 4. The van der Waals surface area contributed by atoms with E-state index in [9.17, 15) is 0 Å². The number of aryl methyl sites for hydroxylation is 2. The van der Waals surface area contributed by atoms with E-state index in [1.807, 2.05) is 38.1 Å². The average molecular weight is 323 g/mol. The van der Waals surface area contributed by atoms with Crippen molar-refractivity contribution in [1.82, 2.24) is 19.7 Å². The molecule has 0 amide bonds. The summed E-state index contributed by atoms with van der Waals surface area (Å²) in [6.45, 7) is 4.85. The van der Waals surface area contributed by atoms with Crippen LogP contribution in [0.3, 0.4) is 0 Å². The van der Waals surface area contributed by atoms with Crippen molar-refractivity contribution >= 4 is 5.82 Å². The van der Waals surface area contributed by atoms with Crippen LogP contribution in [0.4, 0.5) is 5.82 Å². The fourth-order valence-corrected chi connectivity index (χ4v) is 2.65. The van der Waals surface area contributed by atoms with E-state index >= 15 is 0 Å². The fraction of sp³-hybridized carbons (Fsp3) is 0.235. The van der Waals surface area contributed by atoms with Crippen LogP contribution in [0.15, 0.2) is 36.7 Å². The predicted octanol–water partition coefficient (Wildman–Crippen LogP) is 2.62. The Morgan fingerprint density at radius 2 is 2.00 bits per heavy atom.